The molecule has 0 saturated heterocycles. The second kappa shape index (κ2) is 3.29. The summed E-state index contributed by atoms with van der Waals surface area (Å²) < 4.78 is 0. The van der Waals surface area contributed by atoms with Crippen LogP contribution in [0.1, 0.15) is 43.2 Å². The smallest absolute Gasteiger partial charge is 0.180 e. The summed E-state index contributed by atoms with van der Waals surface area (Å²) in [6, 6.07) is 0. The highest BCUT2D eigenvalue weighted by Crippen LogP contribution is 2.39. The molecule has 1 aromatic rings. The molecule has 1 aliphatic carbocycles. The monoisotopic (exact) mass is 196 g/mol. The molecule has 0 unspecified atom stereocenters. The van der Waals surface area contributed by atoms with Crippen LogP contribution in [0.4, 0.5) is 5.13 Å². The highest BCUT2D eigenvalue weighted by molar-refractivity contribution is 7.15. The molecule has 1 aliphatic rings. The van der Waals surface area contributed by atoms with Gasteiger partial charge < -0.3 is 5.73 Å². The van der Waals surface area contributed by atoms with Crippen LogP contribution >= 0.6 is 11.3 Å². The first-order valence-electron chi connectivity index (χ1n) is 4.95. The lowest BCUT2D eigenvalue weighted by Gasteiger charge is -2.24. The average molecular weight is 196 g/mol. The fraction of sp³-hybridized carbons (Fsp3) is 0.700. The van der Waals surface area contributed by atoms with Gasteiger partial charge in [-0.1, -0.05) is 20.3 Å². The minimum atomic E-state index is 0.670. The Bertz CT molecular complexity index is 306. The Morgan fingerprint density at radius 1 is 1.62 bits per heavy atom. The summed E-state index contributed by atoms with van der Waals surface area (Å²) in [6.45, 7) is 4.55. The van der Waals surface area contributed by atoms with Crippen LogP contribution in [0.2, 0.25) is 0 Å². The van der Waals surface area contributed by atoms with Crippen LogP contribution in [0.15, 0.2) is 0 Å². The molecule has 3 heteroatoms. The number of rotatable bonds is 1. The van der Waals surface area contributed by atoms with Crippen LogP contribution in [0.5, 0.6) is 0 Å². The highest BCUT2D eigenvalue weighted by Gasteiger charge is 2.26. The molecular formula is C10H16N2S. The fourth-order valence-electron chi connectivity index (χ4n) is 2.19. The van der Waals surface area contributed by atoms with Gasteiger partial charge in [-0.05, 0) is 24.7 Å². The Kier molecular flexibility index (Phi) is 2.28. The van der Waals surface area contributed by atoms with E-state index in [0.29, 0.717) is 5.92 Å². The lowest BCUT2D eigenvalue weighted by molar-refractivity contribution is 0.405. The van der Waals surface area contributed by atoms with E-state index in [1.54, 1.807) is 11.3 Å². The first kappa shape index (κ1) is 9.00. The van der Waals surface area contributed by atoms with Crippen molar-refractivity contribution in [2.24, 2.45) is 5.92 Å². The molecule has 0 amide bonds. The molecule has 2 N–H and O–H groups in total. The van der Waals surface area contributed by atoms with Crippen LogP contribution in [-0.4, -0.2) is 4.98 Å². The maximum atomic E-state index is 5.71. The summed E-state index contributed by atoms with van der Waals surface area (Å²) in [7, 11) is 0. The molecule has 1 heterocycles. The first-order valence-corrected chi connectivity index (χ1v) is 5.77. The van der Waals surface area contributed by atoms with Gasteiger partial charge in [0.1, 0.15) is 0 Å². The molecule has 0 fully saturated rings. The van der Waals surface area contributed by atoms with E-state index in [4.69, 9.17) is 5.73 Å². The van der Waals surface area contributed by atoms with E-state index < -0.39 is 0 Å². The van der Waals surface area contributed by atoms with E-state index in [9.17, 15) is 0 Å². The van der Waals surface area contributed by atoms with Gasteiger partial charge in [0.05, 0.1) is 5.69 Å². The highest BCUT2D eigenvalue weighted by atomic mass is 32.1. The summed E-state index contributed by atoms with van der Waals surface area (Å²) >= 11 is 1.68. The quantitative estimate of drug-likeness (QED) is 0.750. The van der Waals surface area contributed by atoms with Crippen molar-refractivity contribution in [3.8, 4) is 0 Å². The number of hydrogen-bond donors (Lipinski definition) is 1. The molecule has 0 radical (unpaired) electrons. The Labute approximate surface area is 83.2 Å². The van der Waals surface area contributed by atoms with E-state index >= 15 is 0 Å². The second-order valence-electron chi connectivity index (χ2n) is 3.98. The Hall–Kier alpha value is -0.570. The molecule has 0 aliphatic heterocycles. The molecule has 0 bridgehead atoms. The minimum absolute atomic E-state index is 0.670. The van der Waals surface area contributed by atoms with Crippen molar-refractivity contribution < 1.29 is 0 Å². The van der Waals surface area contributed by atoms with Crippen LogP contribution in [0, 0.1) is 5.92 Å². The normalized spacial score (nSPS) is 27.2. The third-order valence-electron chi connectivity index (χ3n) is 2.94. The molecular weight excluding hydrogens is 180 g/mol. The number of nitrogens with zero attached hydrogens (tertiary/aromatic N) is 1. The lowest BCUT2D eigenvalue weighted by Crippen LogP contribution is -2.15. The molecule has 2 rings (SSSR count). The van der Waals surface area contributed by atoms with Crippen molar-refractivity contribution in [3.05, 3.63) is 10.6 Å². The van der Waals surface area contributed by atoms with E-state index in [1.165, 1.54) is 23.4 Å². The van der Waals surface area contributed by atoms with Crippen molar-refractivity contribution in [3.63, 3.8) is 0 Å². The van der Waals surface area contributed by atoms with E-state index in [1.807, 2.05) is 0 Å². The van der Waals surface area contributed by atoms with Crippen molar-refractivity contribution >= 4 is 16.5 Å². The number of thiazole rings is 1. The summed E-state index contributed by atoms with van der Waals surface area (Å²) in [6.07, 6.45) is 3.72. The Morgan fingerprint density at radius 3 is 3.08 bits per heavy atom. The summed E-state index contributed by atoms with van der Waals surface area (Å²) in [5, 5.41) is 0.744. The third kappa shape index (κ3) is 1.57. The maximum Gasteiger partial charge on any atom is 0.180 e. The predicted molar refractivity (Wildman–Crippen MR) is 57.0 cm³/mol. The fourth-order valence-corrected chi connectivity index (χ4v) is 3.11. The summed E-state index contributed by atoms with van der Waals surface area (Å²) in [5.41, 5.74) is 6.99. The van der Waals surface area contributed by atoms with Crippen LogP contribution < -0.4 is 5.73 Å². The largest absolute Gasteiger partial charge is 0.375 e. The molecule has 0 spiro atoms. The molecule has 0 aromatic carbocycles. The van der Waals surface area contributed by atoms with Gasteiger partial charge in [-0.15, -0.1) is 11.3 Å². The number of anilines is 1. The van der Waals surface area contributed by atoms with Gasteiger partial charge in [-0.2, -0.15) is 0 Å². The van der Waals surface area contributed by atoms with Crippen LogP contribution in [-0.2, 0) is 6.42 Å². The third-order valence-corrected chi connectivity index (χ3v) is 4.10. The molecule has 13 heavy (non-hydrogen) atoms. The van der Waals surface area contributed by atoms with Gasteiger partial charge >= 0.3 is 0 Å². The summed E-state index contributed by atoms with van der Waals surface area (Å²) in [5.74, 6) is 1.49. The van der Waals surface area contributed by atoms with Gasteiger partial charge in [0, 0.05) is 4.88 Å². The number of nitrogen functional groups attached to an aromatic ring is 1. The Morgan fingerprint density at radius 2 is 2.38 bits per heavy atom. The summed E-state index contributed by atoms with van der Waals surface area (Å²) in [4.78, 5) is 5.83. The topological polar surface area (TPSA) is 38.9 Å². The van der Waals surface area contributed by atoms with Crippen LogP contribution in [0.3, 0.4) is 0 Å². The zero-order valence-corrected chi connectivity index (χ0v) is 9.03. The lowest BCUT2D eigenvalue weighted by atomic mass is 9.83. The van der Waals surface area contributed by atoms with Gasteiger partial charge in [-0.3, -0.25) is 0 Å². The second-order valence-corrected chi connectivity index (χ2v) is 5.04. The molecule has 2 nitrogen and oxygen atoms in total. The molecule has 72 valence electrons. The molecule has 0 saturated carbocycles. The number of nitrogens with two attached hydrogens (primary N) is 1. The van der Waals surface area contributed by atoms with Gasteiger partial charge in [0.2, 0.25) is 0 Å². The number of aromatic nitrogens is 1. The average Bonchev–Trinajstić information content (AvgIpc) is 2.46. The Balaban J connectivity index is 2.30. The van der Waals surface area contributed by atoms with E-state index in [-0.39, 0.29) is 0 Å². The number of hydrogen-bond acceptors (Lipinski definition) is 3. The van der Waals surface area contributed by atoms with Crippen molar-refractivity contribution in [2.75, 3.05) is 5.73 Å². The zero-order valence-electron chi connectivity index (χ0n) is 8.21. The number of fused-ring (bicyclic) bond motifs is 1. The standard InChI is InChI=1S/C10H16N2S/c1-3-7-4-6(2)9-8(5-7)12-10(11)13-9/h6-7H,3-5H2,1-2H3,(H2,11,12)/t6-,7+/m0/s1. The van der Waals surface area contributed by atoms with Crippen molar-refractivity contribution in [1.82, 2.24) is 4.98 Å². The van der Waals surface area contributed by atoms with Gasteiger partial charge in [0.15, 0.2) is 5.13 Å². The van der Waals surface area contributed by atoms with Gasteiger partial charge in [0.25, 0.3) is 0 Å². The first-order chi connectivity index (χ1) is 6.20. The van der Waals surface area contributed by atoms with Crippen LogP contribution in [0.25, 0.3) is 0 Å². The van der Waals surface area contributed by atoms with E-state index in [2.05, 4.69) is 18.8 Å². The van der Waals surface area contributed by atoms with Gasteiger partial charge in [-0.25, -0.2) is 4.98 Å². The van der Waals surface area contributed by atoms with Crippen molar-refractivity contribution in [2.45, 2.75) is 39.0 Å². The maximum absolute atomic E-state index is 5.71. The molecule has 2 atom stereocenters. The zero-order chi connectivity index (χ0) is 9.42. The minimum Gasteiger partial charge on any atom is -0.375 e. The SMILES string of the molecule is CC[C@H]1Cc2nc(N)sc2[C@@H](C)C1. The van der Waals surface area contributed by atoms with Crippen molar-refractivity contribution in [1.29, 1.82) is 0 Å². The predicted octanol–water partition coefficient (Wildman–Crippen LogP) is 2.80. The molecule has 1 aromatic heterocycles. The van der Waals surface area contributed by atoms with E-state index in [0.717, 1.165) is 17.5 Å².